The fourth-order valence-corrected chi connectivity index (χ4v) is 2.21. The highest BCUT2D eigenvalue weighted by atomic mass is 16.5. The molecule has 0 aromatic carbocycles. The van der Waals surface area contributed by atoms with E-state index in [1.807, 2.05) is 6.92 Å². The van der Waals surface area contributed by atoms with Crippen LogP contribution in [0.3, 0.4) is 0 Å². The number of ketones is 1. The highest BCUT2D eigenvalue weighted by Gasteiger charge is 2.14. The van der Waals surface area contributed by atoms with Crippen molar-refractivity contribution < 1.29 is 14.3 Å². The SMILES string of the molecule is CC1CCCCCCCCCC(=O)CC(=O)O1. The second-order valence-electron chi connectivity index (χ2n) is 5.03. The number of Topliss-reactive ketones (excluding diaryl/α,β-unsaturated/α-hetero) is 1. The molecule has 0 saturated carbocycles. The molecule has 0 radical (unpaired) electrons. The fraction of sp³-hybridized carbons (Fsp3) is 0.857. The van der Waals surface area contributed by atoms with Crippen molar-refractivity contribution in [3.63, 3.8) is 0 Å². The quantitative estimate of drug-likeness (QED) is 0.481. The Labute approximate surface area is 104 Å². The van der Waals surface area contributed by atoms with Crippen molar-refractivity contribution in [1.29, 1.82) is 0 Å². The van der Waals surface area contributed by atoms with Crippen LogP contribution in [0.1, 0.15) is 71.1 Å². The number of carbonyl (C=O) groups is 2. The van der Waals surface area contributed by atoms with Crippen molar-refractivity contribution in [3.05, 3.63) is 0 Å². The molecule has 0 bridgehead atoms. The molecule has 3 nitrogen and oxygen atoms in total. The van der Waals surface area contributed by atoms with Gasteiger partial charge in [0.25, 0.3) is 0 Å². The van der Waals surface area contributed by atoms with E-state index < -0.39 is 0 Å². The summed E-state index contributed by atoms with van der Waals surface area (Å²) in [7, 11) is 0. The smallest absolute Gasteiger partial charge is 0.313 e. The lowest BCUT2D eigenvalue weighted by atomic mass is 10.0. The van der Waals surface area contributed by atoms with E-state index >= 15 is 0 Å². The van der Waals surface area contributed by atoms with Crippen molar-refractivity contribution in [3.8, 4) is 0 Å². The minimum Gasteiger partial charge on any atom is -0.462 e. The first kappa shape index (κ1) is 14.2. The van der Waals surface area contributed by atoms with E-state index in [-0.39, 0.29) is 24.3 Å². The van der Waals surface area contributed by atoms with E-state index in [4.69, 9.17) is 4.74 Å². The average molecular weight is 240 g/mol. The Morgan fingerprint density at radius 2 is 1.53 bits per heavy atom. The lowest BCUT2D eigenvalue weighted by Gasteiger charge is -2.13. The zero-order valence-electron chi connectivity index (χ0n) is 10.9. The van der Waals surface area contributed by atoms with Gasteiger partial charge in [0.05, 0.1) is 6.10 Å². The summed E-state index contributed by atoms with van der Waals surface area (Å²) < 4.78 is 5.21. The van der Waals surface area contributed by atoms with Crippen molar-refractivity contribution >= 4 is 11.8 Å². The van der Waals surface area contributed by atoms with E-state index in [9.17, 15) is 9.59 Å². The summed E-state index contributed by atoms with van der Waals surface area (Å²) in [5, 5.41) is 0. The highest BCUT2D eigenvalue weighted by Crippen LogP contribution is 2.14. The largest absolute Gasteiger partial charge is 0.462 e. The molecule has 1 atom stereocenters. The first-order valence-electron chi connectivity index (χ1n) is 6.89. The predicted molar refractivity (Wildman–Crippen MR) is 66.7 cm³/mol. The van der Waals surface area contributed by atoms with Crippen LogP contribution in [-0.2, 0) is 14.3 Å². The van der Waals surface area contributed by atoms with Gasteiger partial charge in [0.15, 0.2) is 0 Å². The maximum Gasteiger partial charge on any atom is 0.313 e. The molecular formula is C14H24O3. The van der Waals surface area contributed by atoms with Gasteiger partial charge in [-0.2, -0.15) is 0 Å². The Morgan fingerprint density at radius 3 is 2.24 bits per heavy atom. The molecule has 0 aromatic heterocycles. The number of esters is 1. The van der Waals surface area contributed by atoms with Gasteiger partial charge in [-0.1, -0.05) is 32.1 Å². The van der Waals surface area contributed by atoms with E-state index in [0.29, 0.717) is 6.42 Å². The third-order valence-electron chi connectivity index (χ3n) is 3.24. The van der Waals surface area contributed by atoms with Crippen LogP contribution in [0.25, 0.3) is 0 Å². The molecule has 1 aliphatic rings. The Hall–Kier alpha value is -0.860. The van der Waals surface area contributed by atoms with E-state index in [1.165, 1.54) is 25.7 Å². The van der Waals surface area contributed by atoms with E-state index in [0.717, 1.165) is 25.7 Å². The van der Waals surface area contributed by atoms with Gasteiger partial charge in [-0.15, -0.1) is 0 Å². The monoisotopic (exact) mass is 240 g/mol. The van der Waals surface area contributed by atoms with Crippen LogP contribution in [0.4, 0.5) is 0 Å². The third-order valence-corrected chi connectivity index (χ3v) is 3.24. The summed E-state index contributed by atoms with van der Waals surface area (Å²) in [5.74, 6) is -0.321. The molecule has 1 fully saturated rings. The Morgan fingerprint density at radius 1 is 0.941 bits per heavy atom. The first-order valence-corrected chi connectivity index (χ1v) is 6.89. The van der Waals surface area contributed by atoms with Crippen LogP contribution in [0, 0.1) is 0 Å². The summed E-state index contributed by atoms with van der Waals surface area (Å²) in [6.07, 6.45) is 9.47. The number of rotatable bonds is 0. The third kappa shape index (κ3) is 7.14. The normalized spacial score (nSPS) is 26.1. The molecule has 0 aromatic rings. The van der Waals surface area contributed by atoms with Crippen LogP contribution in [0.15, 0.2) is 0 Å². The first-order chi connectivity index (χ1) is 8.18. The van der Waals surface area contributed by atoms with Gasteiger partial charge in [-0.25, -0.2) is 0 Å². The standard InChI is InChI=1S/C14H24O3/c1-12-9-7-5-3-2-4-6-8-10-13(15)11-14(16)17-12/h12H,2-11H2,1H3. The number of cyclic esters (lactones) is 1. The van der Waals surface area contributed by atoms with Crippen LogP contribution in [0.5, 0.6) is 0 Å². The van der Waals surface area contributed by atoms with Crippen LogP contribution in [0.2, 0.25) is 0 Å². The van der Waals surface area contributed by atoms with Gasteiger partial charge >= 0.3 is 5.97 Å². The lowest BCUT2D eigenvalue weighted by Crippen LogP contribution is -2.18. The van der Waals surface area contributed by atoms with Crippen LogP contribution >= 0.6 is 0 Å². The number of carbonyl (C=O) groups excluding carboxylic acids is 2. The maximum absolute atomic E-state index is 11.5. The predicted octanol–water partition coefficient (Wildman–Crippen LogP) is 3.40. The Bertz CT molecular complexity index is 248. The molecule has 1 aliphatic heterocycles. The molecule has 0 aliphatic carbocycles. The topological polar surface area (TPSA) is 43.4 Å². The molecule has 1 saturated heterocycles. The minimum atomic E-state index is -0.348. The fourth-order valence-electron chi connectivity index (χ4n) is 2.21. The molecule has 98 valence electrons. The second kappa shape index (κ2) is 8.26. The summed E-state index contributed by atoms with van der Waals surface area (Å²) in [5.41, 5.74) is 0. The molecular weight excluding hydrogens is 216 g/mol. The van der Waals surface area contributed by atoms with Gasteiger partial charge in [-0.3, -0.25) is 9.59 Å². The van der Waals surface area contributed by atoms with Crippen molar-refractivity contribution in [2.45, 2.75) is 77.2 Å². The number of hydrogen-bond donors (Lipinski definition) is 0. The van der Waals surface area contributed by atoms with Crippen molar-refractivity contribution in [2.75, 3.05) is 0 Å². The van der Waals surface area contributed by atoms with Gasteiger partial charge in [0.1, 0.15) is 12.2 Å². The molecule has 17 heavy (non-hydrogen) atoms. The van der Waals surface area contributed by atoms with Gasteiger partial charge < -0.3 is 4.74 Å². The summed E-state index contributed by atoms with van der Waals surface area (Å²) >= 11 is 0. The Kier molecular flexibility index (Phi) is 6.90. The minimum absolute atomic E-state index is 0.0271. The second-order valence-corrected chi connectivity index (χ2v) is 5.03. The summed E-state index contributed by atoms with van der Waals surface area (Å²) in [6.45, 7) is 1.91. The van der Waals surface area contributed by atoms with Crippen molar-refractivity contribution in [2.24, 2.45) is 0 Å². The molecule has 0 spiro atoms. The van der Waals surface area contributed by atoms with Gasteiger partial charge in [-0.05, 0) is 26.2 Å². The molecule has 1 rings (SSSR count). The van der Waals surface area contributed by atoms with Crippen LogP contribution in [-0.4, -0.2) is 17.9 Å². The lowest BCUT2D eigenvalue weighted by molar-refractivity contribution is -0.150. The van der Waals surface area contributed by atoms with E-state index in [1.54, 1.807) is 0 Å². The Balaban J connectivity index is 2.36. The maximum atomic E-state index is 11.5. The highest BCUT2D eigenvalue weighted by molar-refractivity contribution is 5.95. The molecule has 0 amide bonds. The number of ether oxygens (including phenoxy) is 1. The summed E-state index contributed by atoms with van der Waals surface area (Å²) in [4.78, 5) is 22.9. The molecule has 0 N–H and O–H groups in total. The molecule has 1 heterocycles. The van der Waals surface area contributed by atoms with Gasteiger partial charge in [0.2, 0.25) is 0 Å². The molecule has 1 unspecified atom stereocenters. The summed E-state index contributed by atoms with van der Waals surface area (Å²) in [6, 6.07) is 0. The van der Waals surface area contributed by atoms with Crippen LogP contribution < -0.4 is 0 Å². The zero-order chi connectivity index (χ0) is 12.5. The molecule has 3 heteroatoms. The van der Waals surface area contributed by atoms with E-state index in [2.05, 4.69) is 0 Å². The number of hydrogen-bond acceptors (Lipinski definition) is 3. The van der Waals surface area contributed by atoms with Gasteiger partial charge in [0, 0.05) is 6.42 Å². The van der Waals surface area contributed by atoms with Crippen molar-refractivity contribution in [1.82, 2.24) is 0 Å². The average Bonchev–Trinajstić information content (AvgIpc) is 2.25. The zero-order valence-corrected chi connectivity index (χ0v) is 10.9.